The molecule has 494 valence electrons. The van der Waals surface area contributed by atoms with Crippen molar-refractivity contribution in [3.05, 3.63) is 411 Å². The summed E-state index contributed by atoms with van der Waals surface area (Å²) in [7, 11) is 1.80. The van der Waals surface area contributed by atoms with Crippen molar-refractivity contribution in [2.45, 2.75) is 5.41 Å². The Morgan fingerprint density at radius 2 is 0.575 bits per heavy atom. The number of fused-ring (bicyclic) bond motifs is 11. The first kappa shape index (κ1) is 61.2. The average Bonchev–Trinajstić information content (AvgIpc) is 1.08. The maximum atomic E-state index is 6.37. The Labute approximate surface area is 617 Å². The number of hydrogen-bond donors (Lipinski definition) is 0. The van der Waals surface area contributed by atoms with Crippen molar-refractivity contribution in [3.63, 3.8) is 0 Å². The van der Waals surface area contributed by atoms with E-state index in [1.807, 2.05) is 0 Å². The van der Waals surface area contributed by atoms with Crippen LogP contribution in [0, 0.1) is 0 Å². The number of ether oxygens (including phenoxy) is 1. The summed E-state index contributed by atoms with van der Waals surface area (Å²) in [4.78, 5) is 5.46. The summed E-state index contributed by atoms with van der Waals surface area (Å²) in [5, 5.41) is 9.45. The first-order valence-electron chi connectivity index (χ1n) is 36.8. The van der Waals surface area contributed by atoms with Gasteiger partial charge in [0.2, 0.25) is 0 Å². The molecule has 0 bridgehead atoms. The van der Waals surface area contributed by atoms with Crippen molar-refractivity contribution in [1.29, 1.82) is 0 Å². The van der Waals surface area contributed by atoms with Gasteiger partial charge in [0.25, 0.3) is 6.71 Å². The zero-order valence-corrected chi connectivity index (χ0v) is 58.3. The number of anilines is 6. The minimum atomic E-state index is -0.920. The molecule has 2 heterocycles. The molecular weight excluding hydrogens is 1280 g/mol. The second kappa shape index (κ2) is 24.6. The molecule has 0 unspecified atom stereocenters. The Kier molecular flexibility index (Phi) is 14.2. The highest BCUT2D eigenvalue weighted by Gasteiger charge is 2.51. The van der Waals surface area contributed by atoms with E-state index >= 15 is 0 Å². The Bertz CT molecular complexity index is 6030. The zero-order chi connectivity index (χ0) is 70.0. The van der Waals surface area contributed by atoms with Gasteiger partial charge in [-0.2, -0.15) is 0 Å². The topological polar surface area (TPSA) is 15.7 Å². The van der Waals surface area contributed by atoms with Gasteiger partial charge >= 0.3 is 0 Å². The van der Waals surface area contributed by atoms with Crippen molar-refractivity contribution in [2.24, 2.45) is 0 Å². The Morgan fingerprint density at radius 3 is 0.981 bits per heavy atom. The molecule has 0 N–H and O–H groups in total. The van der Waals surface area contributed by atoms with Gasteiger partial charge in [-0.1, -0.05) is 352 Å². The van der Waals surface area contributed by atoms with Crippen LogP contribution in [0.3, 0.4) is 0 Å². The van der Waals surface area contributed by atoms with Crippen LogP contribution < -0.4 is 30.9 Å². The van der Waals surface area contributed by atoms with Gasteiger partial charge in [-0.15, -0.1) is 0 Å². The van der Waals surface area contributed by atoms with E-state index < -0.39 is 5.41 Å². The average molecular weight is 1350 g/mol. The van der Waals surface area contributed by atoms with Crippen LogP contribution in [-0.4, -0.2) is 13.8 Å². The normalized spacial score (nSPS) is 13.0. The Morgan fingerprint density at radius 1 is 0.245 bits per heavy atom. The lowest BCUT2D eigenvalue weighted by Gasteiger charge is -2.47. The van der Waals surface area contributed by atoms with E-state index in [2.05, 4.69) is 398 Å². The molecule has 3 aliphatic rings. The van der Waals surface area contributed by atoms with E-state index in [0.29, 0.717) is 0 Å². The van der Waals surface area contributed by atoms with Gasteiger partial charge in [-0.05, 0) is 174 Å². The van der Waals surface area contributed by atoms with Crippen molar-refractivity contribution in [2.75, 3.05) is 16.9 Å². The fourth-order valence-electron chi connectivity index (χ4n) is 18.5. The summed E-state index contributed by atoms with van der Waals surface area (Å²) in [6.07, 6.45) is 0. The molecule has 0 fully saturated rings. The third-order valence-corrected chi connectivity index (χ3v) is 23.0. The number of para-hydroxylation sites is 2. The molecule has 18 aromatic carbocycles. The quantitative estimate of drug-likeness (QED) is 0.120. The van der Waals surface area contributed by atoms with Gasteiger partial charge in [-0.3, -0.25) is 0 Å². The summed E-state index contributed by atoms with van der Waals surface area (Å²) < 4.78 is 6.37. The molecule has 3 nitrogen and oxygen atoms in total. The van der Waals surface area contributed by atoms with E-state index in [9.17, 15) is 0 Å². The van der Waals surface area contributed by atoms with Crippen LogP contribution in [0.15, 0.2) is 388 Å². The molecular formula is C102H67BN2O. The number of hydrogen-bond acceptors (Lipinski definition) is 3. The van der Waals surface area contributed by atoms with Gasteiger partial charge in [-0.25, -0.2) is 0 Å². The lowest BCUT2D eigenvalue weighted by molar-refractivity contribution is 0.414. The van der Waals surface area contributed by atoms with Crippen molar-refractivity contribution in [1.82, 2.24) is 0 Å². The summed E-state index contributed by atoms with van der Waals surface area (Å²) in [5.41, 5.74) is 30.0. The highest BCUT2D eigenvalue weighted by Crippen LogP contribution is 2.61. The number of benzene rings is 18. The van der Waals surface area contributed by atoms with Crippen LogP contribution >= 0.6 is 0 Å². The van der Waals surface area contributed by atoms with E-state index in [4.69, 9.17) is 4.74 Å². The van der Waals surface area contributed by atoms with Gasteiger partial charge < -0.3 is 14.5 Å². The second-order valence-electron chi connectivity index (χ2n) is 28.4. The molecule has 4 heteroatoms. The highest BCUT2D eigenvalue weighted by atomic mass is 16.5. The van der Waals surface area contributed by atoms with Crippen LogP contribution in [0.25, 0.3) is 121 Å². The third kappa shape index (κ3) is 9.34. The van der Waals surface area contributed by atoms with Crippen LogP contribution in [0.5, 0.6) is 5.75 Å². The monoisotopic (exact) mass is 1350 g/mol. The smallest absolute Gasteiger partial charge is 0.252 e. The van der Waals surface area contributed by atoms with Crippen LogP contribution in [0.1, 0.15) is 22.3 Å². The standard InChI is InChI=1S/C102H67BN2O/c1-106-76-40-24-39-74(63-76)102(91-55-18-16-45-85(91)86-46-17-19-56-92(86)102)75-64-97-99-98(65-75)105(101-89(83-49-22-37-70-33-10-14-43-79(70)83)53-26-54-90(101)84-50-23-38-71-34-11-15-44-80(71)84)96-60-58-73(67-29-6-3-7-30-67)62-94(96)103(99)93-61-72(66-27-4-2-5-28-66)57-59-95(93)104(97)100-87(81-47-20-35-68-31-8-12-41-77(68)81)51-25-52-88(100)82-48-21-36-69-32-9-13-42-78(69)82/h2-65H,1H3. The molecule has 18 aromatic rings. The summed E-state index contributed by atoms with van der Waals surface area (Å²) >= 11 is 0. The lowest BCUT2D eigenvalue weighted by atomic mass is 9.33. The first-order valence-corrected chi connectivity index (χ1v) is 36.8. The van der Waals surface area contributed by atoms with Crippen molar-refractivity contribution >= 4 is 100 Å². The predicted octanol–water partition coefficient (Wildman–Crippen LogP) is 24.8. The largest absolute Gasteiger partial charge is 0.497 e. The molecule has 0 atom stereocenters. The van der Waals surface area contributed by atoms with E-state index in [0.717, 1.165) is 118 Å². The maximum absolute atomic E-state index is 6.37. The molecule has 0 amide bonds. The summed E-state index contributed by atoms with van der Waals surface area (Å²) in [6.45, 7) is -0.323. The molecule has 1 aliphatic carbocycles. The number of methoxy groups -OCH3 is 1. The van der Waals surface area contributed by atoms with E-state index in [-0.39, 0.29) is 6.71 Å². The Hall–Kier alpha value is -13.5. The van der Waals surface area contributed by atoms with Gasteiger partial charge in [0.15, 0.2) is 0 Å². The summed E-state index contributed by atoms with van der Waals surface area (Å²) in [5.74, 6) is 0.792. The highest BCUT2D eigenvalue weighted by molar-refractivity contribution is 7.00. The molecule has 0 spiro atoms. The molecule has 0 saturated carbocycles. The molecule has 0 radical (unpaired) electrons. The van der Waals surface area contributed by atoms with E-state index in [1.165, 1.54) is 81.7 Å². The molecule has 0 saturated heterocycles. The van der Waals surface area contributed by atoms with Crippen molar-refractivity contribution in [3.8, 4) is 83.6 Å². The molecule has 21 rings (SSSR count). The zero-order valence-electron chi connectivity index (χ0n) is 58.3. The molecule has 2 aliphatic heterocycles. The van der Waals surface area contributed by atoms with E-state index in [1.54, 1.807) is 7.11 Å². The van der Waals surface area contributed by atoms with Crippen LogP contribution in [-0.2, 0) is 5.41 Å². The molecule has 0 aromatic heterocycles. The summed E-state index contributed by atoms with van der Waals surface area (Å²) in [6, 6.07) is 147. The van der Waals surface area contributed by atoms with Crippen molar-refractivity contribution < 1.29 is 4.74 Å². The van der Waals surface area contributed by atoms with Crippen LogP contribution in [0.4, 0.5) is 34.1 Å². The fourth-order valence-corrected chi connectivity index (χ4v) is 18.5. The second-order valence-corrected chi connectivity index (χ2v) is 28.4. The lowest BCUT2D eigenvalue weighted by Crippen LogP contribution is -2.61. The maximum Gasteiger partial charge on any atom is 0.252 e. The van der Waals surface area contributed by atoms with Gasteiger partial charge in [0.05, 0.1) is 23.9 Å². The minimum Gasteiger partial charge on any atom is -0.497 e. The third-order valence-electron chi connectivity index (χ3n) is 23.0. The number of nitrogens with zero attached hydrogens (tertiary/aromatic N) is 2. The SMILES string of the molecule is COc1cccc(C2(c3cc4c5c(c3)N(c3c(-c6cccc7ccccc67)cccc3-c3cccc6ccccc36)c3ccc(-c6ccccc6)cc3B5c3cc(-c5ccccc5)ccc3N4c3c(-c4cccc5ccccc45)cccc3-c3cccc4ccccc34)c3ccccc3-c3ccccc32)c1. The Balaban J connectivity index is 0.999. The first-order chi connectivity index (χ1) is 52.6. The minimum absolute atomic E-state index is 0.323. The van der Waals surface area contributed by atoms with Gasteiger partial charge in [0.1, 0.15) is 5.75 Å². The van der Waals surface area contributed by atoms with Gasteiger partial charge in [0, 0.05) is 45.0 Å². The fraction of sp³-hybridized carbons (Fsp3) is 0.0196. The number of rotatable bonds is 11. The van der Waals surface area contributed by atoms with Crippen LogP contribution in [0.2, 0.25) is 0 Å². The molecule has 106 heavy (non-hydrogen) atoms. The predicted molar refractivity (Wildman–Crippen MR) is 447 cm³/mol.